The quantitative estimate of drug-likeness (QED) is 0.727. The first-order valence-corrected chi connectivity index (χ1v) is 7.66. The predicted molar refractivity (Wildman–Crippen MR) is 76.7 cm³/mol. The Labute approximate surface area is 121 Å². The average molecular weight is 309 g/mol. The van der Waals surface area contributed by atoms with Crippen molar-refractivity contribution < 1.29 is 17.6 Å². The minimum Gasteiger partial charge on any atom is -0.381 e. The van der Waals surface area contributed by atoms with E-state index in [2.05, 4.69) is 5.32 Å². The highest BCUT2D eigenvalue weighted by atomic mass is 32.2. The van der Waals surface area contributed by atoms with Gasteiger partial charge in [-0.3, -0.25) is 0 Å². The average Bonchev–Trinajstić information content (AvgIpc) is 2.41. The fourth-order valence-corrected chi connectivity index (χ4v) is 2.75. The van der Waals surface area contributed by atoms with Crippen LogP contribution in [0.25, 0.3) is 0 Å². The van der Waals surface area contributed by atoms with Gasteiger partial charge >= 0.3 is 6.18 Å². The second kappa shape index (κ2) is 6.70. The smallest absolute Gasteiger partial charge is 0.381 e. The lowest BCUT2D eigenvalue weighted by molar-refractivity contribution is -0.137. The van der Waals surface area contributed by atoms with Gasteiger partial charge in [-0.05, 0) is 37.3 Å². The maximum atomic E-state index is 13.7. The first kappa shape index (κ1) is 17.1. The van der Waals surface area contributed by atoms with Crippen molar-refractivity contribution in [3.05, 3.63) is 29.6 Å². The van der Waals surface area contributed by atoms with Gasteiger partial charge in [-0.15, -0.1) is 0 Å². The van der Waals surface area contributed by atoms with Gasteiger partial charge in [0.1, 0.15) is 5.82 Å². The van der Waals surface area contributed by atoms with Crippen LogP contribution >= 0.6 is 11.8 Å². The summed E-state index contributed by atoms with van der Waals surface area (Å²) in [6, 6.07) is 2.57. The maximum absolute atomic E-state index is 13.7. The summed E-state index contributed by atoms with van der Waals surface area (Å²) in [6.45, 7) is 4.61. The van der Waals surface area contributed by atoms with Crippen molar-refractivity contribution in [3.63, 3.8) is 0 Å². The third-order valence-electron chi connectivity index (χ3n) is 3.62. The van der Waals surface area contributed by atoms with Crippen LogP contribution < -0.4 is 5.32 Å². The first-order valence-electron chi connectivity index (χ1n) is 6.43. The summed E-state index contributed by atoms with van der Waals surface area (Å²) in [5, 5.41) is 2.92. The van der Waals surface area contributed by atoms with Crippen LogP contribution in [-0.2, 0) is 6.18 Å². The Morgan fingerprint density at radius 1 is 1.15 bits per heavy atom. The van der Waals surface area contributed by atoms with Gasteiger partial charge in [0.2, 0.25) is 0 Å². The molecule has 0 amide bonds. The summed E-state index contributed by atoms with van der Waals surface area (Å²) >= 11 is 1.68. The van der Waals surface area contributed by atoms with Crippen LogP contribution in [0.1, 0.15) is 32.3 Å². The van der Waals surface area contributed by atoms with E-state index < -0.39 is 17.6 Å². The highest BCUT2D eigenvalue weighted by Crippen LogP contribution is 2.33. The van der Waals surface area contributed by atoms with Gasteiger partial charge in [0.25, 0.3) is 0 Å². The maximum Gasteiger partial charge on any atom is 0.416 e. The molecule has 0 heterocycles. The number of alkyl halides is 3. The fourth-order valence-electron chi connectivity index (χ4n) is 1.95. The molecule has 1 rings (SSSR count). The molecule has 0 atom stereocenters. The monoisotopic (exact) mass is 309 g/mol. The van der Waals surface area contributed by atoms with Gasteiger partial charge in [-0.25, -0.2) is 4.39 Å². The Balaban J connectivity index is 2.84. The van der Waals surface area contributed by atoms with Crippen LogP contribution in [0.3, 0.4) is 0 Å². The van der Waals surface area contributed by atoms with Crippen LogP contribution in [-0.4, -0.2) is 17.5 Å². The molecule has 114 valence electrons. The minimum absolute atomic E-state index is 0.0326. The molecule has 0 aliphatic rings. The number of benzene rings is 1. The van der Waals surface area contributed by atoms with Gasteiger partial charge in [-0.1, -0.05) is 13.8 Å². The lowest BCUT2D eigenvalue weighted by atomic mass is 10.0. The highest BCUT2D eigenvalue weighted by Gasteiger charge is 2.31. The van der Waals surface area contributed by atoms with Gasteiger partial charge in [0.15, 0.2) is 0 Å². The summed E-state index contributed by atoms with van der Waals surface area (Å²) in [6.07, 6.45) is -0.729. The third-order valence-corrected chi connectivity index (χ3v) is 5.21. The van der Waals surface area contributed by atoms with E-state index in [1.165, 1.54) is 0 Å². The van der Waals surface area contributed by atoms with E-state index in [-0.39, 0.29) is 10.4 Å². The molecule has 0 radical (unpaired) electrons. The fraction of sp³-hybridized carbons (Fsp3) is 0.571. The zero-order valence-electron chi connectivity index (χ0n) is 11.8. The van der Waals surface area contributed by atoms with Crippen LogP contribution in [0.15, 0.2) is 18.2 Å². The molecule has 0 saturated carbocycles. The second-order valence-electron chi connectivity index (χ2n) is 4.64. The molecular weight excluding hydrogens is 290 g/mol. The number of nitrogens with one attached hydrogen (secondary N) is 1. The summed E-state index contributed by atoms with van der Waals surface area (Å²) in [4.78, 5) is 0. The molecule has 6 heteroatoms. The molecule has 0 spiro atoms. The standard InChI is InChI=1S/C14H19F4NS/c1-4-13(5-2,20-3)9-19-12-7-6-10(8-11(12)15)14(16,17)18/h6-8,19H,4-5,9H2,1-3H3. The molecule has 0 aliphatic carbocycles. The van der Waals surface area contributed by atoms with E-state index in [1.807, 2.05) is 20.1 Å². The summed E-state index contributed by atoms with van der Waals surface area (Å²) in [7, 11) is 0. The number of halogens is 4. The zero-order valence-corrected chi connectivity index (χ0v) is 12.6. The van der Waals surface area contributed by atoms with E-state index in [1.54, 1.807) is 11.8 Å². The third kappa shape index (κ3) is 4.04. The van der Waals surface area contributed by atoms with Crippen molar-refractivity contribution in [3.8, 4) is 0 Å². The number of anilines is 1. The minimum atomic E-state index is -4.52. The Morgan fingerprint density at radius 3 is 2.15 bits per heavy atom. The molecule has 0 bridgehead atoms. The molecule has 1 aromatic rings. The van der Waals surface area contributed by atoms with Crippen molar-refractivity contribution in [2.75, 3.05) is 18.1 Å². The molecule has 0 saturated heterocycles. The van der Waals surface area contributed by atoms with Crippen molar-refractivity contribution in [1.29, 1.82) is 0 Å². The lowest BCUT2D eigenvalue weighted by Crippen LogP contribution is -2.32. The lowest BCUT2D eigenvalue weighted by Gasteiger charge is -2.30. The first-order chi connectivity index (χ1) is 9.28. The highest BCUT2D eigenvalue weighted by molar-refractivity contribution is 8.00. The van der Waals surface area contributed by atoms with Crippen molar-refractivity contribution in [1.82, 2.24) is 0 Å². The van der Waals surface area contributed by atoms with Crippen molar-refractivity contribution >= 4 is 17.4 Å². The van der Waals surface area contributed by atoms with Gasteiger partial charge in [-0.2, -0.15) is 24.9 Å². The van der Waals surface area contributed by atoms with Crippen LogP contribution in [0.5, 0.6) is 0 Å². The second-order valence-corrected chi connectivity index (χ2v) is 5.91. The van der Waals surface area contributed by atoms with E-state index >= 15 is 0 Å². The molecule has 1 N–H and O–H groups in total. The SMILES string of the molecule is CCC(CC)(CNc1ccc(C(F)(F)F)cc1F)SC. The Hall–Kier alpha value is -0.910. The normalized spacial score (nSPS) is 12.6. The van der Waals surface area contributed by atoms with Gasteiger partial charge in [0, 0.05) is 11.3 Å². The molecule has 1 aromatic carbocycles. The summed E-state index contributed by atoms with van der Waals surface area (Å²) in [5.74, 6) is -0.873. The Kier molecular flexibility index (Phi) is 5.74. The van der Waals surface area contributed by atoms with Gasteiger partial charge in [0.05, 0.1) is 11.3 Å². The molecule has 0 fully saturated rings. The largest absolute Gasteiger partial charge is 0.416 e. The number of rotatable bonds is 6. The zero-order chi connectivity index (χ0) is 15.4. The van der Waals surface area contributed by atoms with Crippen molar-refractivity contribution in [2.24, 2.45) is 0 Å². The number of hydrogen-bond donors (Lipinski definition) is 1. The topological polar surface area (TPSA) is 12.0 Å². The molecule has 0 aromatic heterocycles. The number of hydrogen-bond acceptors (Lipinski definition) is 2. The van der Waals surface area contributed by atoms with E-state index in [0.29, 0.717) is 12.6 Å². The summed E-state index contributed by atoms with van der Waals surface area (Å²) < 4.78 is 51.0. The van der Waals surface area contributed by atoms with E-state index in [0.717, 1.165) is 25.0 Å². The molecular formula is C14H19F4NS. The number of thioether (sulfide) groups is 1. The van der Waals surface area contributed by atoms with Crippen LogP contribution in [0.2, 0.25) is 0 Å². The van der Waals surface area contributed by atoms with Crippen LogP contribution in [0, 0.1) is 5.82 Å². The summed E-state index contributed by atoms with van der Waals surface area (Å²) in [5.41, 5.74) is -0.860. The van der Waals surface area contributed by atoms with E-state index in [9.17, 15) is 17.6 Å². The molecule has 20 heavy (non-hydrogen) atoms. The van der Waals surface area contributed by atoms with Gasteiger partial charge < -0.3 is 5.32 Å². The van der Waals surface area contributed by atoms with Crippen molar-refractivity contribution in [2.45, 2.75) is 37.6 Å². The Bertz CT molecular complexity index is 433. The predicted octanol–water partition coefficient (Wildman–Crippen LogP) is 5.18. The Morgan fingerprint density at radius 2 is 1.75 bits per heavy atom. The van der Waals surface area contributed by atoms with E-state index in [4.69, 9.17) is 0 Å². The van der Waals surface area contributed by atoms with Crippen LogP contribution in [0.4, 0.5) is 23.2 Å². The molecule has 0 unspecified atom stereocenters. The molecule has 1 nitrogen and oxygen atoms in total. The molecule has 0 aliphatic heterocycles.